The number of hydrogen-bond donors (Lipinski definition) is 2. The zero-order valence-electron chi connectivity index (χ0n) is 14.3. The number of aromatic nitrogens is 3. The topological polar surface area (TPSA) is 95.1 Å². The summed E-state index contributed by atoms with van der Waals surface area (Å²) in [4.78, 5) is 12.1. The summed E-state index contributed by atoms with van der Waals surface area (Å²) in [7, 11) is 1.59. The molecule has 3 N–H and O–H groups in total. The van der Waals surface area contributed by atoms with Gasteiger partial charge in [0.25, 0.3) is 0 Å². The molecule has 8 heteroatoms. The van der Waals surface area contributed by atoms with Crippen LogP contribution in [0.3, 0.4) is 0 Å². The Bertz CT molecular complexity index is 702. The van der Waals surface area contributed by atoms with Crippen molar-refractivity contribution >= 4 is 17.7 Å². The number of carbonyl (C=O) groups is 1. The second kappa shape index (κ2) is 8.05. The number of nitrogens with zero attached hydrogens (tertiary/aromatic N) is 3. The van der Waals surface area contributed by atoms with Crippen LogP contribution in [0.2, 0.25) is 0 Å². The third-order valence-electron chi connectivity index (χ3n) is 3.35. The Kier molecular flexibility index (Phi) is 6.08. The Hall–Kier alpha value is -2.22. The van der Waals surface area contributed by atoms with E-state index in [4.69, 9.17) is 10.6 Å². The molecule has 7 nitrogen and oxygen atoms in total. The fraction of sp³-hybridized carbons (Fsp3) is 0.438. The van der Waals surface area contributed by atoms with Crippen molar-refractivity contribution in [3.63, 3.8) is 0 Å². The average Bonchev–Trinajstić information content (AvgIpc) is 2.93. The molecule has 0 saturated heterocycles. The molecule has 0 radical (unpaired) electrons. The SMILES string of the molecule is COc1ccccc1-c1nnc(SC(C)C(=O)NCC(C)C)n1N. The van der Waals surface area contributed by atoms with Crippen molar-refractivity contribution in [1.82, 2.24) is 20.2 Å². The van der Waals surface area contributed by atoms with Gasteiger partial charge >= 0.3 is 0 Å². The number of carbonyl (C=O) groups excluding carboxylic acids is 1. The molecule has 0 spiro atoms. The van der Waals surface area contributed by atoms with Crippen LogP contribution in [0.1, 0.15) is 20.8 Å². The summed E-state index contributed by atoms with van der Waals surface area (Å²) in [5.74, 6) is 7.62. The third-order valence-corrected chi connectivity index (χ3v) is 4.41. The van der Waals surface area contributed by atoms with Gasteiger partial charge in [-0.25, -0.2) is 4.68 Å². The zero-order chi connectivity index (χ0) is 17.7. The lowest BCUT2D eigenvalue weighted by atomic mass is 10.2. The molecule has 1 aromatic carbocycles. The molecule has 2 aromatic rings. The molecule has 2 rings (SSSR count). The minimum Gasteiger partial charge on any atom is -0.496 e. The smallest absolute Gasteiger partial charge is 0.233 e. The molecule has 0 bridgehead atoms. The van der Waals surface area contributed by atoms with Crippen LogP contribution in [0, 0.1) is 5.92 Å². The maximum absolute atomic E-state index is 12.1. The van der Waals surface area contributed by atoms with E-state index in [1.54, 1.807) is 7.11 Å². The lowest BCUT2D eigenvalue weighted by Gasteiger charge is -2.13. The van der Waals surface area contributed by atoms with Crippen molar-refractivity contribution in [2.75, 3.05) is 19.5 Å². The van der Waals surface area contributed by atoms with E-state index in [9.17, 15) is 4.79 Å². The first-order valence-corrected chi connectivity index (χ1v) is 8.60. The summed E-state index contributed by atoms with van der Waals surface area (Å²) < 4.78 is 6.71. The van der Waals surface area contributed by atoms with Crippen molar-refractivity contribution in [3.05, 3.63) is 24.3 Å². The molecule has 1 amide bonds. The van der Waals surface area contributed by atoms with Gasteiger partial charge in [-0.15, -0.1) is 10.2 Å². The van der Waals surface area contributed by atoms with Gasteiger partial charge < -0.3 is 15.9 Å². The number of thioether (sulfide) groups is 1. The highest BCUT2D eigenvalue weighted by Gasteiger charge is 2.21. The number of methoxy groups -OCH3 is 1. The Labute approximate surface area is 145 Å². The fourth-order valence-corrected chi connectivity index (χ4v) is 2.83. The summed E-state index contributed by atoms with van der Waals surface area (Å²) in [6.07, 6.45) is 0. The van der Waals surface area contributed by atoms with Crippen molar-refractivity contribution in [1.29, 1.82) is 0 Å². The van der Waals surface area contributed by atoms with Crippen LogP contribution in [-0.4, -0.2) is 39.7 Å². The van der Waals surface area contributed by atoms with Gasteiger partial charge in [-0.05, 0) is 25.0 Å². The van der Waals surface area contributed by atoms with Crippen LogP contribution in [-0.2, 0) is 4.79 Å². The van der Waals surface area contributed by atoms with E-state index >= 15 is 0 Å². The van der Waals surface area contributed by atoms with Crippen LogP contribution in [0.5, 0.6) is 5.75 Å². The molecule has 1 heterocycles. The summed E-state index contributed by atoms with van der Waals surface area (Å²) in [5.41, 5.74) is 0.749. The van der Waals surface area contributed by atoms with Gasteiger partial charge in [0, 0.05) is 6.54 Å². The minimum atomic E-state index is -0.319. The van der Waals surface area contributed by atoms with Gasteiger partial charge in [-0.1, -0.05) is 37.7 Å². The van der Waals surface area contributed by atoms with Crippen LogP contribution >= 0.6 is 11.8 Å². The lowest BCUT2D eigenvalue weighted by Crippen LogP contribution is -2.33. The predicted octanol–water partition coefficient (Wildman–Crippen LogP) is 1.92. The van der Waals surface area contributed by atoms with Gasteiger partial charge in [0.15, 0.2) is 5.82 Å². The Morgan fingerprint density at radius 2 is 2.04 bits per heavy atom. The van der Waals surface area contributed by atoms with Crippen molar-refractivity contribution in [2.24, 2.45) is 5.92 Å². The number of rotatable bonds is 7. The molecule has 0 fully saturated rings. The third kappa shape index (κ3) is 4.19. The average molecular weight is 349 g/mol. The predicted molar refractivity (Wildman–Crippen MR) is 95.3 cm³/mol. The normalized spacial score (nSPS) is 12.2. The number of nitrogens with one attached hydrogen (secondary N) is 1. The van der Waals surface area contributed by atoms with Gasteiger partial charge in [-0.3, -0.25) is 4.79 Å². The first-order valence-electron chi connectivity index (χ1n) is 7.72. The van der Waals surface area contributed by atoms with E-state index in [-0.39, 0.29) is 11.2 Å². The van der Waals surface area contributed by atoms with Crippen LogP contribution < -0.4 is 15.9 Å². The maximum atomic E-state index is 12.1. The van der Waals surface area contributed by atoms with Gasteiger partial charge in [-0.2, -0.15) is 0 Å². The fourth-order valence-electron chi connectivity index (χ4n) is 2.03. The minimum absolute atomic E-state index is 0.0458. The van der Waals surface area contributed by atoms with Gasteiger partial charge in [0.1, 0.15) is 5.75 Å². The van der Waals surface area contributed by atoms with Gasteiger partial charge in [0.2, 0.25) is 11.1 Å². The van der Waals surface area contributed by atoms with Crippen molar-refractivity contribution in [2.45, 2.75) is 31.2 Å². The van der Waals surface area contributed by atoms with E-state index in [1.807, 2.05) is 45.0 Å². The first kappa shape index (κ1) is 18.1. The molecule has 0 aliphatic carbocycles. The number of hydrogen-bond acceptors (Lipinski definition) is 6. The molecule has 0 aliphatic heterocycles. The van der Waals surface area contributed by atoms with Crippen LogP contribution in [0.25, 0.3) is 11.4 Å². The molecule has 24 heavy (non-hydrogen) atoms. The molecular formula is C16H23N5O2S. The zero-order valence-corrected chi connectivity index (χ0v) is 15.1. The largest absolute Gasteiger partial charge is 0.496 e. The van der Waals surface area contributed by atoms with Crippen LogP contribution in [0.15, 0.2) is 29.4 Å². The summed E-state index contributed by atoms with van der Waals surface area (Å²) >= 11 is 1.27. The molecule has 1 atom stereocenters. The number of amides is 1. The number of nitrogens with two attached hydrogens (primary N) is 1. The second-order valence-electron chi connectivity index (χ2n) is 5.78. The van der Waals surface area contributed by atoms with E-state index < -0.39 is 0 Å². The second-order valence-corrected chi connectivity index (χ2v) is 7.08. The van der Waals surface area contributed by atoms with Gasteiger partial charge in [0.05, 0.1) is 17.9 Å². The maximum Gasteiger partial charge on any atom is 0.233 e. The van der Waals surface area contributed by atoms with Crippen molar-refractivity contribution in [3.8, 4) is 17.1 Å². The highest BCUT2D eigenvalue weighted by Crippen LogP contribution is 2.30. The first-order chi connectivity index (χ1) is 11.4. The van der Waals surface area contributed by atoms with Crippen molar-refractivity contribution < 1.29 is 9.53 Å². The van der Waals surface area contributed by atoms with E-state index in [0.717, 1.165) is 5.56 Å². The Balaban J connectivity index is 2.14. The highest BCUT2D eigenvalue weighted by molar-refractivity contribution is 8.00. The number of nitrogen functional groups attached to an aromatic ring is 1. The van der Waals surface area contributed by atoms with E-state index in [1.165, 1.54) is 16.4 Å². The molecule has 0 saturated carbocycles. The van der Waals surface area contributed by atoms with E-state index in [2.05, 4.69) is 15.5 Å². The number of benzene rings is 1. The molecular weight excluding hydrogens is 326 g/mol. The molecule has 130 valence electrons. The van der Waals surface area contributed by atoms with Crippen LogP contribution in [0.4, 0.5) is 0 Å². The van der Waals surface area contributed by atoms with E-state index in [0.29, 0.717) is 29.2 Å². The standard InChI is InChI=1S/C16H23N5O2S/c1-10(2)9-18-15(22)11(3)24-16-20-19-14(21(16)17)12-7-5-6-8-13(12)23-4/h5-8,10-11H,9,17H2,1-4H3,(H,18,22). The number of para-hydroxylation sites is 1. The quantitative estimate of drug-likeness (QED) is 0.586. The number of ether oxygens (including phenoxy) is 1. The molecule has 0 aliphatic rings. The summed E-state index contributed by atoms with van der Waals surface area (Å²) in [6.45, 7) is 6.56. The lowest BCUT2D eigenvalue weighted by molar-refractivity contribution is -0.120. The summed E-state index contributed by atoms with van der Waals surface area (Å²) in [5, 5.41) is 11.3. The Morgan fingerprint density at radius 3 is 2.71 bits per heavy atom. The molecule has 1 unspecified atom stereocenters. The highest BCUT2D eigenvalue weighted by atomic mass is 32.2. The monoisotopic (exact) mass is 349 g/mol. The molecule has 1 aromatic heterocycles. The Morgan fingerprint density at radius 1 is 1.33 bits per heavy atom. The summed E-state index contributed by atoms with van der Waals surface area (Å²) in [6, 6.07) is 7.44.